The second-order valence-electron chi connectivity index (χ2n) is 4.11. The Morgan fingerprint density at radius 2 is 2.32 bits per heavy atom. The lowest BCUT2D eigenvalue weighted by atomic mass is 10.2. The normalized spacial score (nSPS) is 12.7. The quantitative estimate of drug-likeness (QED) is 0.710. The maximum Gasteiger partial charge on any atom is 0.184 e. The van der Waals surface area contributed by atoms with Gasteiger partial charge in [-0.2, -0.15) is 0 Å². The van der Waals surface area contributed by atoms with Crippen LogP contribution in [-0.4, -0.2) is 9.97 Å². The minimum absolute atomic E-state index is 0.240. The van der Waals surface area contributed by atoms with E-state index in [4.69, 9.17) is 0 Å². The van der Waals surface area contributed by atoms with Gasteiger partial charge in [0.2, 0.25) is 0 Å². The van der Waals surface area contributed by atoms with Crippen molar-refractivity contribution in [3.63, 3.8) is 0 Å². The van der Waals surface area contributed by atoms with E-state index in [1.807, 2.05) is 23.7 Å². The van der Waals surface area contributed by atoms with Crippen molar-refractivity contribution in [2.75, 3.05) is 5.32 Å². The van der Waals surface area contributed by atoms with Crippen LogP contribution in [0.3, 0.4) is 0 Å². The summed E-state index contributed by atoms with van der Waals surface area (Å²) >= 11 is 6.84. The van der Waals surface area contributed by atoms with Gasteiger partial charge in [0, 0.05) is 16.0 Å². The predicted molar refractivity (Wildman–Crippen MR) is 86.1 cm³/mol. The second-order valence-corrected chi connectivity index (χ2v) is 6.98. The van der Waals surface area contributed by atoms with E-state index in [1.54, 1.807) is 22.7 Å². The molecule has 2 heterocycles. The molecule has 1 N–H and O–H groups in total. The standard InChI is InChI=1S/C13H12BrN3S2/c1-2-9(12-15-5-6-18-12)16-13-17-10-4-3-8(14)7-11(10)19-13/h3-7,9H,2H2,1H3,(H,16,17). The summed E-state index contributed by atoms with van der Waals surface area (Å²) in [6.07, 6.45) is 2.84. The van der Waals surface area contributed by atoms with Gasteiger partial charge in [0.15, 0.2) is 5.13 Å². The Morgan fingerprint density at radius 1 is 1.42 bits per heavy atom. The maximum absolute atomic E-state index is 4.61. The number of aromatic nitrogens is 2. The van der Waals surface area contributed by atoms with Crippen LogP contribution in [-0.2, 0) is 0 Å². The van der Waals surface area contributed by atoms with Crippen molar-refractivity contribution in [2.45, 2.75) is 19.4 Å². The highest BCUT2D eigenvalue weighted by molar-refractivity contribution is 9.10. The summed E-state index contributed by atoms with van der Waals surface area (Å²) in [6.45, 7) is 2.16. The summed E-state index contributed by atoms with van der Waals surface area (Å²) in [5.41, 5.74) is 1.03. The van der Waals surface area contributed by atoms with Gasteiger partial charge >= 0.3 is 0 Å². The molecule has 0 amide bonds. The zero-order valence-electron chi connectivity index (χ0n) is 10.3. The van der Waals surface area contributed by atoms with E-state index in [-0.39, 0.29) is 6.04 Å². The maximum atomic E-state index is 4.61. The molecule has 1 unspecified atom stereocenters. The molecule has 0 aliphatic rings. The molecule has 3 nitrogen and oxygen atoms in total. The number of hydrogen-bond donors (Lipinski definition) is 1. The molecule has 0 saturated carbocycles. The van der Waals surface area contributed by atoms with Gasteiger partial charge in [-0.05, 0) is 24.6 Å². The summed E-state index contributed by atoms with van der Waals surface area (Å²) < 4.78 is 2.27. The number of hydrogen-bond acceptors (Lipinski definition) is 5. The fourth-order valence-corrected chi connectivity index (χ4v) is 4.10. The van der Waals surface area contributed by atoms with Gasteiger partial charge in [-0.1, -0.05) is 34.2 Å². The van der Waals surface area contributed by atoms with Crippen LogP contribution in [0.25, 0.3) is 10.2 Å². The highest BCUT2D eigenvalue weighted by Crippen LogP contribution is 2.31. The van der Waals surface area contributed by atoms with Crippen molar-refractivity contribution < 1.29 is 0 Å². The smallest absolute Gasteiger partial charge is 0.184 e. The molecule has 0 fully saturated rings. The topological polar surface area (TPSA) is 37.8 Å². The highest BCUT2D eigenvalue weighted by atomic mass is 79.9. The molecule has 3 aromatic rings. The molecule has 0 aliphatic carbocycles. The molecule has 3 rings (SSSR count). The molecule has 0 radical (unpaired) electrons. The average Bonchev–Trinajstić information content (AvgIpc) is 3.04. The lowest BCUT2D eigenvalue weighted by Crippen LogP contribution is -2.08. The van der Waals surface area contributed by atoms with Crippen molar-refractivity contribution in [3.8, 4) is 0 Å². The molecule has 0 spiro atoms. The van der Waals surface area contributed by atoms with Gasteiger partial charge in [-0.3, -0.25) is 0 Å². The number of nitrogens with zero attached hydrogens (tertiary/aromatic N) is 2. The van der Waals surface area contributed by atoms with Crippen molar-refractivity contribution in [1.82, 2.24) is 9.97 Å². The first-order chi connectivity index (χ1) is 9.26. The number of halogens is 1. The lowest BCUT2D eigenvalue weighted by molar-refractivity contribution is 0.741. The van der Waals surface area contributed by atoms with Gasteiger partial charge in [-0.15, -0.1) is 11.3 Å². The summed E-state index contributed by atoms with van der Waals surface area (Å²) in [7, 11) is 0. The van der Waals surface area contributed by atoms with E-state index < -0.39 is 0 Å². The number of anilines is 1. The number of nitrogens with one attached hydrogen (secondary N) is 1. The first-order valence-electron chi connectivity index (χ1n) is 5.98. The number of benzene rings is 1. The monoisotopic (exact) mass is 353 g/mol. The molecule has 1 aromatic carbocycles. The molecule has 0 aliphatic heterocycles. The van der Waals surface area contributed by atoms with Crippen molar-refractivity contribution >= 4 is 54.0 Å². The lowest BCUT2D eigenvalue weighted by Gasteiger charge is -2.12. The van der Waals surface area contributed by atoms with E-state index in [0.717, 1.165) is 26.5 Å². The molecule has 19 heavy (non-hydrogen) atoms. The third-order valence-corrected chi connectivity index (χ3v) is 5.14. The van der Waals surface area contributed by atoms with Gasteiger partial charge in [0.25, 0.3) is 0 Å². The molecule has 1 atom stereocenters. The minimum atomic E-state index is 0.240. The van der Waals surface area contributed by atoms with Gasteiger partial charge in [0.05, 0.1) is 16.3 Å². The number of fused-ring (bicyclic) bond motifs is 1. The second kappa shape index (κ2) is 5.56. The summed E-state index contributed by atoms with van der Waals surface area (Å²) in [4.78, 5) is 8.99. The predicted octanol–water partition coefficient (Wildman–Crippen LogP) is 5.08. The van der Waals surface area contributed by atoms with Crippen LogP contribution in [0.4, 0.5) is 5.13 Å². The largest absolute Gasteiger partial charge is 0.352 e. The average molecular weight is 354 g/mol. The minimum Gasteiger partial charge on any atom is -0.352 e. The van der Waals surface area contributed by atoms with Crippen LogP contribution in [0, 0.1) is 0 Å². The number of rotatable bonds is 4. The summed E-state index contributed by atoms with van der Waals surface area (Å²) in [5.74, 6) is 0. The Hall–Kier alpha value is -0.980. The van der Waals surface area contributed by atoms with E-state index in [1.165, 1.54) is 4.70 Å². The van der Waals surface area contributed by atoms with E-state index >= 15 is 0 Å². The van der Waals surface area contributed by atoms with Crippen LogP contribution < -0.4 is 5.32 Å². The Labute approximate surface area is 127 Å². The van der Waals surface area contributed by atoms with Crippen LogP contribution in [0.15, 0.2) is 34.2 Å². The van der Waals surface area contributed by atoms with Crippen molar-refractivity contribution in [3.05, 3.63) is 39.3 Å². The first-order valence-corrected chi connectivity index (χ1v) is 8.47. The fraction of sp³-hybridized carbons (Fsp3) is 0.231. The molecule has 2 aromatic heterocycles. The molecule has 0 bridgehead atoms. The molecular formula is C13H12BrN3S2. The van der Waals surface area contributed by atoms with Gasteiger partial charge in [-0.25, -0.2) is 9.97 Å². The van der Waals surface area contributed by atoms with Crippen molar-refractivity contribution in [1.29, 1.82) is 0 Å². The van der Waals surface area contributed by atoms with E-state index in [0.29, 0.717) is 0 Å². The highest BCUT2D eigenvalue weighted by Gasteiger charge is 2.14. The van der Waals surface area contributed by atoms with Gasteiger partial charge in [0.1, 0.15) is 5.01 Å². The van der Waals surface area contributed by atoms with Crippen LogP contribution in [0.1, 0.15) is 24.4 Å². The third kappa shape index (κ3) is 2.80. The zero-order chi connectivity index (χ0) is 13.2. The summed E-state index contributed by atoms with van der Waals surface area (Å²) in [5, 5.41) is 7.56. The summed E-state index contributed by atoms with van der Waals surface area (Å²) in [6, 6.07) is 6.39. The van der Waals surface area contributed by atoms with Crippen molar-refractivity contribution in [2.24, 2.45) is 0 Å². The Bertz CT molecular complexity index is 678. The first kappa shape index (κ1) is 13.0. The van der Waals surface area contributed by atoms with Gasteiger partial charge < -0.3 is 5.32 Å². The Morgan fingerprint density at radius 3 is 3.05 bits per heavy atom. The molecule has 6 heteroatoms. The van der Waals surface area contributed by atoms with Crippen LogP contribution >= 0.6 is 38.6 Å². The van der Waals surface area contributed by atoms with Crippen LogP contribution in [0.2, 0.25) is 0 Å². The van der Waals surface area contributed by atoms with E-state index in [2.05, 4.69) is 44.2 Å². The molecular weight excluding hydrogens is 342 g/mol. The van der Waals surface area contributed by atoms with E-state index in [9.17, 15) is 0 Å². The fourth-order valence-electron chi connectivity index (χ4n) is 1.85. The molecule has 0 saturated heterocycles. The number of thiazole rings is 2. The van der Waals surface area contributed by atoms with Crippen LogP contribution in [0.5, 0.6) is 0 Å². The third-order valence-electron chi connectivity index (χ3n) is 2.81. The zero-order valence-corrected chi connectivity index (χ0v) is 13.5. The Balaban J connectivity index is 1.88. The Kier molecular flexibility index (Phi) is 3.81. The SMILES string of the molecule is CCC(Nc1nc2ccc(Br)cc2s1)c1nccs1. The molecule has 98 valence electrons.